The molecular formula is C27H23N7O4. The summed E-state index contributed by atoms with van der Waals surface area (Å²) in [6.07, 6.45) is 1.74. The number of rotatable bonds is 6. The van der Waals surface area contributed by atoms with Gasteiger partial charge in [-0.1, -0.05) is 48.5 Å². The van der Waals surface area contributed by atoms with Crippen molar-refractivity contribution in [2.45, 2.75) is 12.1 Å². The molecule has 11 heteroatoms. The van der Waals surface area contributed by atoms with Gasteiger partial charge in [0.2, 0.25) is 5.82 Å². The van der Waals surface area contributed by atoms with Crippen LogP contribution in [0.2, 0.25) is 0 Å². The van der Waals surface area contributed by atoms with Crippen molar-refractivity contribution in [3.8, 4) is 34.1 Å². The third kappa shape index (κ3) is 3.72. The van der Waals surface area contributed by atoms with Crippen LogP contribution in [0.15, 0.2) is 72.9 Å². The maximum atomic E-state index is 13.2. The van der Waals surface area contributed by atoms with E-state index in [0.29, 0.717) is 22.5 Å². The number of nitrogens with zero attached hydrogens (tertiary/aromatic N) is 5. The van der Waals surface area contributed by atoms with Crippen LogP contribution < -0.4 is 15.4 Å². The average Bonchev–Trinajstić information content (AvgIpc) is 3.59. The largest absolute Gasteiger partial charge is 0.497 e. The van der Waals surface area contributed by atoms with Crippen molar-refractivity contribution < 1.29 is 19.4 Å². The van der Waals surface area contributed by atoms with Crippen LogP contribution in [0.5, 0.6) is 11.6 Å². The second kappa shape index (κ2) is 8.73. The fourth-order valence-electron chi connectivity index (χ4n) is 4.88. The first-order valence-electron chi connectivity index (χ1n) is 11.8. The van der Waals surface area contributed by atoms with Crippen LogP contribution >= 0.6 is 0 Å². The van der Waals surface area contributed by atoms with E-state index in [0.717, 1.165) is 22.1 Å². The quantitative estimate of drug-likeness (QED) is 0.299. The van der Waals surface area contributed by atoms with E-state index < -0.39 is 17.5 Å². The number of urea groups is 1. The number of carbonyl (C=O) groups excluding carboxylic acids is 2. The van der Waals surface area contributed by atoms with Gasteiger partial charge in [0, 0.05) is 22.5 Å². The van der Waals surface area contributed by atoms with Gasteiger partial charge in [-0.15, -0.1) is 10.2 Å². The molecule has 3 aromatic carbocycles. The van der Waals surface area contributed by atoms with E-state index in [4.69, 9.17) is 4.74 Å². The minimum Gasteiger partial charge on any atom is -0.497 e. The molecule has 1 atom stereocenters. The molecule has 3 heterocycles. The highest BCUT2D eigenvalue weighted by Gasteiger charge is 2.48. The number of aryl methyl sites for hydroxylation is 1. The second-order valence-electron chi connectivity index (χ2n) is 9.07. The van der Waals surface area contributed by atoms with Crippen molar-refractivity contribution in [2.75, 3.05) is 7.11 Å². The lowest BCUT2D eigenvalue weighted by Crippen LogP contribution is -2.47. The zero-order valence-electron chi connectivity index (χ0n) is 20.5. The number of benzene rings is 3. The minimum atomic E-state index is -1.43. The van der Waals surface area contributed by atoms with E-state index in [2.05, 4.69) is 26.0 Å². The van der Waals surface area contributed by atoms with Crippen molar-refractivity contribution >= 4 is 22.7 Å². The molecule has 3 amide bonds. The lowest BCUT2D eigenvalue weighted by atomic mass is 9.88. The van der Waals surface area contributed by atoms with Crippen molar-refractivity contribution in [1.29, 1.82) is 0 Å². The molecule has 1 fully saturated rings. The number of fused-ring (bicyclic) bond motifs is 1. The fourth-order valence-corrected chi connectivity index (χ4v) is 4.88. The molecule has 190 valence electrons. The van der Waals surface area contributed by atoms with Gasteiger partial charge in [0.15, 0.2) is 11.4 Å². The Balaban J connectivity index is 1.40. The zero-order chi connectivity index (χ0) is 26.4. The molecule has 0 saturated carbocycles. The third-order valence-corrected chi connectivity index (χ3v) is 6.78. The number of imide groups is 1. The molecule has 0 bridgehead atoms. The van der Waals surface area contributed by atoms with Gasteiger partial charge in [0.05, 0.1) is 20.7 Å². The van der Waals surface area contributed by atoms with Crippen molar-refractivity contribution in [1.82, 2.24) is 35.4 Å². The normalized spacial score (nSPS) is 17.0. The van der Waals surface area contributed by atoms with Crippen LogP contribution in [0.25, 0.3) is 33.3 Å². The summed E-state index contributed by atoms with van der Waals surface area (Å²) >= 11 is 0. The Hall–Kier alpha value is -5.19. The molecule has 6 rings (SSSR count). The first-order chi connectivity index (χ1) is 18.4. The predicted octanol–water partition coefficient (Wildman–Crippen LogP) is 2.95. The number of ether oxygens (including phenoxy) is 1. The van der Waals surface area contributed by atoms with E-state index in [1.807, 2.05) is 42.5 Å². The Morgan fingerprint density at radius 1 is 1.03 bits per heavy atom. The summed E-state index contributed by atoms with van der Waals surface area (Å²) in [5.41, 5.74) is 1.71. The summed E-state index contributed by atoms with van der Waals surface area (Å²) < 4.78 is 6.83. The molecule has 3 N–H and O–H groups in total. The number of nitrogens with one attached hydrogen (secondary N) is 2. The van der Waals surface area contributed by atoms with Gasteiger partial charge in [-0.05, 0) is 40.1 Å². The Morgan fingerprint density at radius 3 is 2.45 bits per heavy atom. The Morgan fingerprint density at radius 2 is 1.79 bits per heavy atom. The Kier molecular flexibility index (Phi) is 5.34. The SMILES string of the molecule is COc1ccc2cn(C[C@@]3(c4ccc(-c5ccccc5-c5nnn(C)n5)cc4)NC(=O)NC3=O)c(O)c2c1. The van der Waals surface area contributed by atoms with Crippen LogP contribution in [0, 0.1) is 0 Å². The summed E-state index contributed by atoms with van der Waals surface area (Å²) in [5.74, 6) is 0.556. The number of carbonyl (C=O) groups is 2. The summed E-state index contributed by atoms with van der Waals surface area (Å²) in [4.78, 5) is 26.9. The molecule has 1 aliphatic rings. The van der Waals surface area contributed by atoms with Crippen molar-refractivity contribution in [3.05, 3.63) is 78.5 Å². The third-order valence-electron chi connectivity index (χ3n) is 6.78. The number of hydrogen-bond acceptors (Lipinski definition) is 7. The number of amides is 3. The van der Waals surface area contributed by atoms with Crippen LogP contribution in [0.1, 0.15) is 5.56 Å². The summed E-state index contributed by atoms with van der Waals surface area (Å²) in [6, 6.07) is 19.8. The van der Waals surface area contributed by atoms with Gasteiger partial charge in [-0.25, -0.2) is 4.79 Å². The van der Waals surface area contributed by atoms with E-state index in [-0.39, 0.29) is 12.4 Å². The molecule has 1 saturated heterocycles. The van der Waals surface area contributed by atoms with E-state index >= 15 is 0 Å². The molecule has 2 aromatic heterocycles. The maximum Gasteiger partial charge on any atom is 0.322 e. The molecule has 38 heavy (non-hydrogen) atoms. The van der Waals surface area contributed by atoms with E-state index in [9.17, 15) is 14.7 Å². The van der Waals surface area contributed by atoms with Crippen LogP contribution in [0.3, 0.4) is 0 Å². The van der Waals surface area contributed by atoms with E-state index in [1.54, 1.807) is 49.2 Å². The topological polar surface area (TPSA) is 136 Å². The predicted molar refractivity (Wildman–Crippen MR) is 138 cm³/mol. The smallest absolute Gasteiger partial charge is 0.322 e. The zero-order valence-corrected chi connectivity index (χ0v) is 20.5. The second-order valence-corrected chi connectivity index (χ2v) is 9.07. The van der Waals surface area contributed by atoms with Crippen LogP contribution in [-0.2, 0) is 23.9 Å². The molecular weight excluding hydrogens is 486 g/mol. The summed E-state index contributed by atoms with van der Waals surface area (Å²) in [5, 5.41) is 29.8. The Bertz CT molecular complexity index is 1710. The van der Waals surface area contributed by atoms with Crippen LogP contribution in [-0.4, -0.2) is 48.9 Å². The molecule has 0 radical (unpaired) electrons. The van der Waals surface area contributed by atoms with Gasteiger partial charge in [-0.3, -0.25) is 10.1 Å². The minimum absolute atomic E-state index is 0.0210. The summed E-state index contributed by atoms with van der Waals surface area (Å²) in [7, 11) is 3.25. The van der Waals surface area contributed by atoms with Gasteiger partial charge in [0.1, 0.15) is 5.75 Å². The maximum absolute atomic E-state index is 13.2. The molecule has 5 aromatic rings. The molecule has 0 aliphatic carbocycles. The molecule has 0 unspecified atom stereocenters. The monoisotopic (exact) mass is 509 g/mol. The van der Waals surface area contributed by atoms with E-state index in [1.165, 1.54) is 4.80 Å². The van der Waals surface area contributed by atoms with Crippen molar-refractivity contribution in [2.24, 2.45) is 7.05 Å². The van der Waals surface area contributed by atoms with Gasteiger partial charge in [0.25, 0.3) is 5.91 Å². The van der Waals surface area contributed by atoms with Gasteiger partial charge >= 0.3 is 6.03 Å². The highest BCUT2D eigenvalue weighted by Crippen LogP contribution is 2.36. The first-order valence-corrected chi connectivity index (χ1v) is 11.8. The molecule has 11 nitrogen and oxygen atoms in total. The number of tetrazole rings is 1. The standard InChI is InChI=1S/C27H23N7O4/c1-33-31-23(30-32-33)21-6-4-3-5-20(21)16-7-10-18(11-8-16)27(25(36)28-26(37)29-27)15-34-14-17-9-12-19(38-2)13-22(17)24(34)35/h3-14,35H,15H2,1-2H3,(H2,28,29,36,37)/t27-/m0/s1. The number of hydrogen-bond donors (Lipinski definition) is 3. The number of methoxy groups -OCH3 is 1. The number of aromatic nitrogens is 5. The van der Waals surface area contributed by atoms with Crippen LogP contribution in [0.4, 0.5) is 4.79 Å². The lowest BCUT2D eigenvalue weighted by molar-refractivity contribution is -0.124. The highest BCUT2D eigenvalue weighted by atomic mass is 16.5. The van der Waals surface area contributed by atoms with Gasteiger partial charge < -0.3 is 19.7 Å². The average molecular weight is 510 g/mol. The Labute approximate surface area is 216 Å². The fraction of sp³-hybridized carbons (Fsp3) is 0.148. The van der Waals surface area contributed by atoms with Crippen molar-refractivity contribution in [3.63, 3.8) is 0 Å². The lowest BCUT2D eigenvalue weighted by Gasteiger charge is -2.27. The summed E-state index contributed by atoms with van der Waals surface area (Å²) in [6.45, 7) is -0.0210. The first kappa shape index (κ1) is 23.2. The highest BCUT2D eigenvalue weighted by molar-refractivity contribution is 6.07. The molecule has 1 aliphatic heterocycles. The number of aromatic hydroxyl groups is 1. The van der Waals surface area contributed by atoms with Gasteiger partial charge in [-0.2, -0.15) is 4.80 Å². The molecule has 0 spiro atoms.